The van der Waals surface area contributed by atoms with E-state index in [-0.39, 0.29) is 11.2 Å². The summed E-state index contributed by atoms with van der Waals surface area (Å²) < 4.78 is 1.91. The van der Waals surface area contributed by atoms with Gasteiger partial charge in [0, 0.05) is 19.2 Å². The van der Waals surface area contributed by atoms with Gasteiger partial charge in [0.2, 0.25) is 5.91 Å². The molecule has 0 aliphatic rings. The number of hydrogen-bond donors (Lipinski definition) is 1. The first-order valence-corrected chi connectivity index (χ1v) is 7.40. The van der Waals surface area contributed by atoms with Crippen LogP contribution in [0, 0.1) is 0 Å². The molecule has 0 aliphatic carbocycles. The van der Waals surface area contributed by atoms with Gasteiger partial charge in [-0.25, -0.2) is 0 Å². The van der Waals surface area contributed by atoms with Crippen LogP contribution in [0.1, 0.15) is 13.8 Å². The average Bonchev–Trinajstić information content (AvgIpc) is 2.81. The maximum absolute atomic E-state index is 11.7. The van der Waals surface area contributed by atoms with Crippen molar-refractivity contribution in [2.75, 3.05) is 6.54 Å². The Morgan fingerprint density at radius 3 is 2.70 bits per heavy atom. The third-order valence-corrected chi connectivity index (χ3v) is 4.00. The summed E-state index contributed by atoms with van der Waals surface area (Å²) in [6.45, 7) is 4.41. The zero-order chi connectivity index (χ0) is 14.5. The van der Waals surface area contributed by atoms with Gasteiger partial charge < -0.3 is 9.88 Å². The highest BCUT2D eigenvalue weighted by molar-refractivity contribution is 8.00. The Bertz CT molecular complexity index is 582. The van der Waals surface area contributed by atoms with Crippen molar-refractivity contribution in [3.05, 3.63) is 30.3 Å². The summed E-state index contributed by atoms with van der Waals surface area (Å²) in [7, 11) is 1.91. The predicted molar refractivity (Wildman–Crippen MR) is 80.4 cm³/mol. The molecule has 5 nitrogen and oxygen atoms in total. The maximum Gasteiger partial charge on any atom is 0.233 e. The molecule has 0 saturated heterocycles. The third-order valence-electron chi connectivity index (χ3n) is 2.87. The Labute approximate surface area is 122 Å². The Morgan fingerprint density at radius 1 is 1.35 bits per heavy atom. The minimum atomic E-state index is -0.193. The fourth-order valence-electron chi connectivity index (χ4n) is 1.79. The molecule has 1 atom stereocenters. The minimum absolute atomic E-state index is 0.0155. The maximum atomic E-state index is 11.7. The van der Waals surface area contributed by atoms with Crippen LogP contribution in [0.15, 0.2) is 35.5 Å². The van der Waals surface area contributed by atoms with Crippen molar-refractivity contribution in [3.63, 3.8) is 0 Å². The summed E-state index contributed by atoms with van der Waals surface area (Å²) in [5.41, 5.74) is 1.01. The van der Waals surface area contributed by atoms with Crippen molar-refractivity contribution < 1.29 is 4.79 Å². The molecule has 1 heterocycles. The Balaban J connectivity index is 2.16. The second-order valence-electron chi connectivity index (χ2n) is 4.39. The summed E-state index contributed by atoms with van der Waals surface area (Å²) in [6, 6.07) is 9.88. The van der Waals surface area contributed by atoms with Gasteiger partial charge in [-0.15, -0.1) is 10.2 Å². The van der Waals surface area contributed by atoms with Crippen molar-refractivity contribution in [3.8, 4) is 11.4 Å². The highest BCUT2D eigenvalue weighted by Crippen LogP contribution is 2.25. The number of aromatic nitrogens is 3. The van der Waals surface area contributed by atoms with Crippen LogP contribution in [0.3, 0.4) is 0 Å². The van der Waals surface area contributed by atoms with E-state index in [2.05, 4.69) is 15.5 Å². The number of rotatable bonds is 5. The van der Waals surface area contributed by atoms with Crippen LogP contribution in [-0.4, -0.2) is 32.5 Å². The van der Waals surface area contributed by atoms with Crippen LogP contribution in [0.2, 0.25) is 0 Å². The SMILES string of the molecule is CCNC(=O)[C@H](C)Sc1nnc(-c2ccccc2)n1C. The molecule has 1 aromatic heterocycles. The fourth-order valence-corrected chi connectivity index (χ4v) is 2.62. The molecular formula is C14H18N4OS. The van der Waals surface area contributed by atoms with Crippen molar-refractivity contribution in [1.82, 2.24) is 20.1 Å². The van der Waals surface area contributed by atoms with Crippen LogP contribution in [0.5, 0.6) is 0 Å². The number of carbonyl (C=O) groups excluding carboxylic acids is 1. The highest BCUT2D eigenvalue weighted by atomic mass is 32.2. The first-order valence-electron chi connectivity index (χ1n) is 6.52. The average molecular weight is 290 g/mol. The van der Waals surface area contributed by atoms with E-state index in [1.807, 2.05) is 55.8 Å². The smallest absolute Gasteiger partial charge is 0.233 e. The Kier molecular flexibility index (Phi) is 4.79. The standard InChI is InChI=1S/C14H18N4OS/c1-4-15-13(19)10(2)20-14-17-16-12(18(14)3)11-8-6-5-7-9-11/h5-10H,4H2,1-3H3,(H,15,19)/t10-/m0/s1. The lowest BCUT2D eigenvalue weighted by Gasteiger charge is -2.10. The van der Waals surface area contributed by atoms with Gasteiger partial charge in [-0.1, -0.05) is 42.1 Å². The number of thioether (sulfide) groups is 1. The van der Waals surface area contributed by atoms with E-state index in [1.165, 1.54) is 11.8 Å². The summed E-state index contributed by atoms with van der Waals surface area (Å²) in [6.07, 6.45) is 0. The largest absolute Gasteiger partial charge is 0.355 e. The second-order valence-corrected chi connectivity index (χ2v) is 5.69. The quantitative estimate of drug-likeness (QED) is 0.857. The van der Waals surface area contributed by atoms with E-state index < -0.39 is 0 Å². The molecule has 0 spiro atoms. The number of benzene rings is 1. The zero-order valence-corrected chi connectivity index (χ0v) is 12.6. The van der Waals surface area contributed by atoms with Gasteiger partial charge >= 0.3 is 0 Å². The lowest BCUT2D eigenvalue weighted by atomic mass is 10.2. The van der Waals surface area contributed by atoms with E-state index >= 15 is 0 Å². The number of amides is 1. The number of hydrogen-bond acceptors (Lipinski definition) is 4. The number of nitrogens with one attached hydrogen (secondary N) is 1. The summed E-state index contributed by atoms with van der Waals surface area (Å²) in [5.74, 6) is 0.818. The van der Waals surface area contributed by atoms with Gasteiger partial charge in [0.15, 0.2) is 11.0 Å². The summed E-state index contributed by atoms with van der Waals surface area (Å²) >= 11 is 1.41. The fraction of sp³-hybridized carbons (Fsp3) is 0.357. The van der Waals surface area contributed by atoms with Crippen molar-refractivity contribution in [2.24, 2.45) is 7.05 Å². The molecule has 20 heavy (non-hydrogen) atoms. The first-order chi connectivity index (χ1) is 9.63. The molecule has 0 fully saturated rings. The van der Waals surface area contributed by atoms with Crippen LogP contribution >= 0.6 is 11.8 Å². The zero-order valence-electron chi connectivity index (χ0n) is 11.8. The number of nitrogens with zero attached hydrogens (tertiary/aromatic N) is 3. The lowest BCUT2D eigenvalue weighted by molar-refractivity contribution is -0.120. The molecule has 0 unspecified atom stereocenters. The van der Waals surface area contributed by atoms with Crippen LogP contribution in [-0.2, 0) is 11.8 Å². The lowest BCUT2D eigenvalue weighted by Crippen LogP contribution is -2.30. The molecule has 6 heteroatoms. The molecule has 1 amide bonds. The molecule has 0 aliphatic heterocycles. The third kappa shape index (κ3) is 3.19. The van der Waals surface area contributed by atoms with Gasteiger partial charge in [0.1, 0.15) is 0 Å². The summed E-state index contributed by atoms with van der Waals surface area (Å²) in [5, 5.41) is 11.7. The molecule has 0 bridgehead atoms. The van der Waals surface area contributed by atoms with Crippen LogP contribution in [0.4, 0.5) is 0 Å². The van der Waals surface area contributed by atoms with Gasteiger partial charge in [-0.2, -0.15) is 0 Å². The molecule has 2 rings (SSSR count). The van der Waals surface area contributed by atoms with Gasteiger partial charge in [0.05, 0.1) is 5.25 Å². The Hall–Kier alpha value is -1.82. The van der Waals surface area contributed by atoms with E-state index in [1.54, 1.807) is 0 Å². The molecule has 0 saturated carbocycles. The molecule has 1 N–H and O–H groups in total. The second kappa shape index (κ2) is 6.56. The van der Waals surface area contributed by atoms with E-state index in [9.17, 15) is 4.79 Å². The van der Waals surface area contributed by atoms with E-state index in [0.717, 1.165) is 16.5 Å². The minimum Gasteiger partial charge on any atom is -0.355 e. The molecule has 106 valence electrons. The first kappa shape index (κ1) is 14.6. The van der Waals surface area contributed by atoms with Crippen molar-refractivity contribution in [1.29, 1.82) is 0 Å². The molecule has 0 radical (unpaired) electrons. The van der Waals surface area contributed by atoms with E-state index in [4.69, 9.17) is 0 Å². The number of carbonyl (C=O) groups is 1. The normalized spacial score (nSPS) is 12.2. The van der Waals surface area contributed by atoms with Crippen molar-refractivity contribution >= 4 is 17.7 Å². The van der Waals surface area contributed by atoms with Gasteiger partial charge in [-0.05, 0) is 13.8 Å². The monoisotopic (exact) mass is 290 g/mol. The van der Waals surface area contributed by atoms with E-state index in [0.29, 0.717) is 6.54 Å². The molecule has 1 aromatic carbocycles. The molecular weight excluding hydrogens is 272 g/mol. The predicted octanol–water partition coefficient (Wildman–Crippen LogP) is 2.10. The highest BCUT2D eigenvalue weighted by Gasteiger charge is 2.18. The van der Waals surface area contributed by atoms with Crippen molar-refractivity contribution in [2.45, 2.75) is 24.3 Å². The van der Waals surface area contributed by atoms with Gasteiger partial charge in [0.25, 0.3) is 0 Å². The van der Waals surface area contributed by atoms with Gasteiger partial charge in [-0.3, -0.25) is 4.79 Å². The summed E-state index contributed by atoms with van der Waals surface area (Å²) in [4.78, 5) is 11.7. The topological polar surface area (TPSA) is 59.8 Å². The van der Waals surface area contributed by atoms with Crippen LogP contribution in [0.25, 0.3) is 11.4 Å². The molecule has 2 aromatic rings. The van der Waals surface area contributed by atoms with Crippen LogP contribution < -0.4 is 5.32 Å². The Morgan fingerprint density at radius 2 is 2.05 bits per heavy atom.